The van der Waals surface area contributed by atoms with Crippen LogP contribution in [-0.2, 0) is 14.8 Å². The van der Waals surface area contributed by atoms with Gasteiger partial charge in [-0.15, -0.1) is 0 Å². The number of aryl methyl sites for hydroxylation is 1. The van der Waals surface area contributed by atoms with Crippen LogP contribution in [0.25, 0.3) is 0 Å². The van der Waals surface area contributed by atoms with Gasteiger partial charge in [0, 0.05) is 7.11 Å². The average molecular weight is 259 g/mol. The Morgan fingerprint density at radius 1 is 1.41 bits per heavy atom. The third-order valence-electron chi connectivity index (χ3n) is 2.14. The molecule has 6 heteroatoms. The van der Waals surface area contributed by atoms with E-state index in [0.717, 1.165) is 5.56 Å². The van der Waals surface area contributed by atoms with Crippen LogP contribution >= 0.6 is 0 Å². The summed E-state index contributed by atoms with van der Waals surface area (Å²) in [6, 6.07) is 4.86. The molecule has 1 aromatic rings. The zero-order valence-electron chi connectivity index (χ0n) is 10.1. The lowest BCUT2D eigenvalue weighted by Gasteiger charge is -2.16. The predicted molar refractivity (Wildman–Crippen MR) is 64.5 cm³/mol. The van der Waals surface area contributed by atoms with E-state index in [9.17, 15) is 8.42 Å². The molecular weight excluding hydrogens is 242 g/mol. The SMILES string of the molecule is COCC(C)Oc1ccc(C)cc1S(N)(=O)=O. The number of nitrogens with two attached hydrogens (primary N) is 1. The highest BCUT2D eigenvalue weighted by Crippen LogP contribution is 2.24. The summed E-state index contributed by atoms with van der Waals surface area (Å²) in [4.78, 5) is 0.000420. The monoisotopic (exact) mass is 259 g/mol. The Hall–Kier alpha value is -1.11. The molecule has 1 unspecified atom stereocenters. The average Bonchev–Trinajstić information content (AvgIpc) is 2.19. The van der Waals surface area contributed by atoms with Gasteiger partial charge in [0.1, 0.15) is 16.7 Å². The summed E-state index contributed by atoms with van der Waals surface area (Å²) in [5.41, 5.74) is 0.806. The van der Waals surface area contributed by atoms with E-state index in [2.05, 4.69) is 0 Å². The Balaban J connectivity index is 3.07. The van der Waals surface area contributed by atoms with Crippen LogP contribution in [0.1, 0.15) is 12.5 Å². The number of sulfonamides is 1. The van der Waals surface area contributed by atoms with Crippen LogP contribution < -0.4 is 9.88 Å². The molecule has 1 atom stereocenters. The summed E-state index contributed by atoms with van der Waals surface area (Å²) in [5, 5.41) is 5.14. The fraction of sp³-hybridized carbons (Fsp3) is 0.455. The molecule has 0 amide bonds. The summed E-state index contributed by atoms with van der Waals surface area (Å²) in [6.07, 6.45) is -0.247. The molecule has 1 rings (SSSR count). The van der Waals surface area contributed by atoms with Crippen molar-refractivity contribution in [2.45, 2.75) is 24.8 Å². The first kappa shape index (κ1) is 14.0. The van der Waals surface area contributed by atoms with Crippen molar-refractivity contribution in [3.63, 3.8) is 0 Å². The molecule has 0 aromatic heterocycles. The predicted octanol–water partition coefficient (Wildman–Crippen LogP) is 1.06. The second-order valence-corrected chi connectivity index (χ2v) is 5.41. The van der Waals surface area contributed by atoms with Gasteiger partial charge in [0.2, 0.25) is 10.0 Å². The number of methoxy groups -OCH3 is 1. The summed E-state index contributed by atoms with van der Waals surface area (Å²) in [5.74, 6) is 0.252. The first-order valence-electron chi connectivity index (χ1n) is 5.13. The largest absolute Gasteiger partial charge is 0.487 e. The molecular formula is C11H17NO4S. The van der Waals surface area contributed by atoms with Crippen molar-refractivity contribution in [3.05, 3.63) is 23.8 Å². The summed E-state index contributed by atoms with van der Waals surface area (Å²) in [7, 11) is -2.23. The Bertz CT molecular complexity index is 484. The van der Waals surface area contributed by atoms with Gasteiger partial charge in [-0.25, -0.2) is 13.6 Å². The van der Waals surface area contributed by atoms with Crippen LogP contribution in [0.4, 0.5) is 0 Å². The van der Waals surface area contributed by atoms with E-state index < -0.39 is 10.0 Å². The topological polar surface area (TPSA) is 78.6 Å². The second kappa shape index (κ2) is 5.48. The molecule has 0 aliphatic rings. The van der Waals surface area contributed by atoms with E-state index in [4.69, 9.17) is 14.6 Å². The van der Waals surface area contributed by atoms with Crippen molar-refractivity contribution < 1.29 is 17.9 Å². The van der Waals surface area contributed by atoms with E-state index in [-0.39, 0.29) is 16.7 Å². The molecule has 0 bridgehead atoms. The van der Waals surface area contributed by atoms with Gasteiger partial charge < -0.3 is 9.47 Å². The number of primary sulfonamides is 1. The number of hydrogen-bond donors (Lipinski definition) is 1. The fourth-order valence-electron chi connectivity index (χ4n) is 1.42. The fourth-order valence-corrected chi connectivity index (χ4v) is 2.17. The Morgan fingerprint density at radius 3 is 2.59 bits per heavy atom. The molecule has 2 N–H and O–H groups in total. The van der Waals surface area contributed by atoms with Crippen LogP contribution in [0.2, 0.25) is 0 Å². The molecule has 0 aliphatic carbocycles. The van der Waals surface area contributed by atoms with E-state index in [1.807, 2.05) is 0 Å². The van der Waals surface area contributed by atoms with Crippen molar-refractivity contribution in [2.24, 2.45) is 5.14 Å². The Kier molecular flexibility index (Phi) is 4.50. The molecule has 5 nitrogen and oxygen atoms in total. The highest BCUT2D eigenvalue weighted by molar-refractivity contribution is 7.89. The van der Waals surface area contributed by atoms with E-state index in [1.54, 1.807) is 33.1 Å². The summed E-state index contributed by atoms with van der Waals surface area (Å²) in [6.45, 7) is 3.95. The maximum Gasteiger partial charge on any atom is 0.241 e. The zero-order valence-corrected chi connectivity index (χ0v) is 11.0. The van der Waals surface area contributed by atoms with Crippen molar-refractivity contribution in [1.82, 2.24) is 0 Å². The zero-order chi connectivity index (χ0) is 13.1. The van der Waals surface area contributed by atoms with Crippen LogP contribution in [0, 0.1) is 6.92 Å². The highest BCUT2D eigenvalue weighted by Gasteiger charge is 2.17. The highest BCUT2D eigenvalue weighted by atomic mass is 32.2. The van der Waals surface area contributed by atoms with E-state index in [0.29, 0.717) is 6.61 Å². The smallest absolute Gasteiger partial charge is 0.241 e. The van der Waals surface area contributed by atoms with Gasteiger partial charge in [0.15, 0.2) is 0 Å². The van der Waals surface area contributed by atoms with Gasteiger partial charge in [-0.2, -0.15) is 0 Å². The lowest BCUT2D eigenvalue weighted by atomic mass is 10.2. The lowest BCUT2D eigenvalue weighted by Crippen LogP contribution is -2.21. The minimum absolute atomic E-state index is 0.000420. The lowest BCUT2D eigenvalue weighted by molar-refractivity contribution is 0.0901. The first-order valence-corrected chi connectivity index (χ1v) is 6.68. The molecule has 0 saturated carbocycles. The molecule has 0 radical (unpaired) electrons. The molecule has 0 heterocycles. The van der Waals surface area contributed by atoms with Crippen LogP contribution in [0.3, 0.4) is 0 Å². The standard InChI is InChI=1S/C11H17NO4S/c1-8-4-5-10(16-9(2)7-15-3)11(6-8)17(12,13)14/h4-6,9H,7H2,1-3H3,(H2,12,13,14). The number of hydrogen-bond acceptors (Lipinski definition) is 4. The van der Waals surface area contributed by atoms with Crippen molar-refractivity contribution in [2.75, 3.05) is 13.7 Å². The van der Waals surface area contributed by atoms with Gasteiger partial charge in [-0.05, 0) is 31.5 Å². The van der Waals surface area contributed by atoms with Gasteiger partial charge in [-0.1, -0.05) is 6.07 Å². The van der Waals surface area contributed by atoms with Gasteiger partial charge >= 0.3 is 0 Å². The third kappa shape index (κ3) is 3.99. The van der Waals surface area contributed by atoms with Gasteiger partial charge in [0.25, 0.3) is 0 Å². The molecule has 0 fully saturated rings. The second-order valence-electron chi connectivity index (χ2n) is 3.88. The van der Waals surface area contributed by atoms with Gasteiger partial charge in [-0.3, -0.25) is 0 Å². The molecule has 96 valence electrons. The van der Waals surface area contributed by atoms with E-state index in [1.165, 1.54) is 6.07 Å². The van der Waals surface area contributed by atoms with Crippen LogP contribution in [0.5, 0.6) is 5.75 Å². The quantitative estimate of drug-likeness (QED) is 0.857. The molecule has 0 saturated heterocycles. The molecule has 0 aliphatic heterocycles. The third-order valence-corrected chi connectivity index (χ3v) is 3.07. The molecule has 1 aromatic carbocycles. The molecule has 17 heavy (non-hydrogen) atoms. The maximum atomic E-state index is 11.4. The van der Waals surface area contributed by atoms with Crippen molar-refractivity contribution in [1.29, 1.82) is 0 Å². The minimum atomic E-state index is -3.78. The number of benzene rings is 1. The maximum absolute atomic E-state index is 11.4. The van der Waals surface area contributed by atoms with Crippen molar-refractivity contribution >= 4 is 10.0 Å². The normalized spacial score (nSPS) is 13.4. The van der Waals surface area contributed by atoms with Gasteiger partial charge in [0.05, 0.1) is 6.61 Å². The van der Waals surface area contributed by atoms with Crippen molar-refractivity contribution in [3.8, 4) is 5.75 Å². The molecule has 0 spiro atoms. The Labute approximate surface area is 102 Å². The minimum Gasteiger partial charge on any atom is -0.487 e. The number of ether oxygens (including phenoxy) is 2. The summed E-state index contributed by atoms with van der Waals surface area (Å²) >= 11 is 0. The first-order chi connectivity index (χ1) is 7.84. The van der Waals surface area contributed by atoms with Crippen LogP contribution in [0.15, 0.2) is 23.1 Å². The van der Waals surface area contributed by atoms with E-state index >= 15 is 0 Å². The number of rotatable bonds is 5. The van der Waals surface area contributed by atoms with Crippen LogP contribution in [-0.4, -0.2) is 28.2 Å². The Morgan fingerprint density at radius 2 is 2.06 bits per heavy atom. The summed E-state index contributed by atoms with van der Waals surface area (Å²) < 4.78 is 33.2.